The summed E-state index contributed by atoms with van der Waals surface area (Å²) in [5, 5.41) is 34.6. The minimum Gasteiger partial charge on any atom is -0.496 e. The van der Waals surface area contributed by atoms with E-state index in [2.05, 4.69) is 20.9 Å². The van der Waals surface area contributed by atoms with Crippen molar-refractivity contribution in [2.45, 2.75) is 115 Å². The second kappa shape index (κ2) is 23.5. The van der Waals surface area contributed by atoms with Crippen LogP contribution in [0.15, 0.2) is 96.1 Å². The number of alkyl halides is 3. The van der Waals surface area contributed by atoms with Gasteiger partial charge < -0.3 is 35.5 Å². The van der Waals surface area contributed by atoms with Crippen molar-refractivity contribution in [1.29, 1.82) is 0 Å². The van der Waals surface area contributed by atoms with Gasteiger partial charge in [0.2, 0.25) is 0 Å². The van der Waals surface area contributed by atoms with E-state index >= 15 is 0 Å². The van der Waals surface area contributed by atoms with Gasteiger partial charge in [-0.05, 0) is 149 Å². The van der Waals surface area contributed by atoms with Crippen LogP contribution in [0.2, 0.25) is 0 Å². The zero-order chi connectivity index (χ0) is 51.6. The fraction of sp³-hybridized carbons (Fsp3) is 0.407. The number of benzene rings is 3. The molecule has 1 fully saturated rings. The van der Waals surface area contributed by atoms with Crippen LogP contribution in [-0.2, 0) is 29.5 Å². The number of anilines is 2. The molecule has 0 aliphatic heterocycles. The number of unbranched alkanes of at least 4 members (excludes halogenated alkanes) is 6. The van der Waals surface area contributed by atoms with Crippen molar-refractivity contribution in [1.82, 2.24) is 24.6 Å². The van der Waals surface area contributed by atoms with Gasteiger partial charge in [-0.1, -0.05) is 50.3 Å². The van der Waals surface area contributed by atoms with E-state index < -0.39 is 53.1 Å². The summed E-state index contributed by atoms with van der Waals surface area (Å²) in [5.74, 6) is -1.93. The SMILES string of the molecule is COc1cc(-c2ccc(F)c(CCCCCCCCCNCC3CCC(n4cc5cc(NC(=O)c6cccc(C(F)(F)F)n6)c(C(C)(C)O)cc5n4)CC3)c2)ccc1C(=O)Nc1ccc(=O)n(CC(=O)O)c1. The molecule has 0 unspecified atom stereocenters. The molecule has 382 valence electrons. The quantitative estimate of drug-likeness (QED) is 0.0323. The van der Waals surface area contributed by atoms with Crippen molar-refractivity contribution < 1.29 is 46.9 Å². The van der Waals surface area contributed by atoms with Gasteiger partial charge in [-0.15, -0.1) is 0 Å². The number of aliphatic carboxylic acids is 1. The molecule has 72 heavy (non-hydrogen) atoms. The number of aromatic nitrogens is 4. The number of halogens is 4. The average Bonchev–Trinajstić information content (AvgIpc) is 3.77. The van der Waals surface area contributed by atoms with E-state index in [4.69, 9.17) is 14.9 Å². The smallest absolute Gasteiger partial charge is 0.433 e. The van der Waals surface area contributed by atoms with Crippen LogP contribution in [-0.4, -0.2) is 67.5 Å². The van der Waals surface area contributed by atoms with Crippen LogP contribution in [0.4, 0.5) is 28.9 Å². The number of carboxylic acid groups (broad SMARTS) is 1. The Bertz CT molecular complexity index is 2940. The zero-order valence-electron chi connectivity index (χ0n) is 40.7. The first-order valence-electron chi connectivity index (χ1n) is 24.4. The van der Waals surface area contributed by atoms with Crippen LogP contribution in [0.1, 0.15) is 128 Å². The topological polar surface area (TPSA) is 190 Å². The normalized spacial score (nSPS) is 15.1. The number of fused-ring (bicyclic) bond motifs is 1. The summed E-state index contributed by atoms with van der Waals surface area (Å²) in [6.07, 6.45) is 10.5. The lowest BCUT2D eigenvalue weighted by atomic mass is 9.86. The van der Waals surface area contributed by atoms with Crippen LogP contribution in [0.25, 0.3) is 22.0 Å². The number of carbonyl (C=O) groups excluding carboxylic acids is 2. The first-order valence-corrected chi connectivity index (χ1v) is 24.4. The van der Waals surface area contributed by atoms with E-state index in [-0.39, 0.29) is 28.8 Å². The minimum atomic E-state index is -4.70. The number of carbonyl (C=O) groups is 3. The average molecular weight is 996 g/mol. The van der Waals surface area contributed by atoms with Gasteiger partial charge >= 0.3 is 12.1 Å². The van der Waals surface area contributed by atoms with Crippen LogP contribution in [0.5, 0.6) is 5.75 Å². The first kappa shape index (κ1) is 52.9. The Morgan fingerprint density at radius 2 is 1.53 bits per heavy atom. The standard InChI is InChI=1S/C54H61F4N7O7/c1-53(2,71)42-29-45-38(27-46(42)62-52(70)44-13-11-14-48(61-44)54(56,57)58)31-65(63-45)40-20-15-34(16-21-40)30-59-25-10-8-6-4-5-7-9-12-37-26-35(18-23-43(37)55)36-17-22-41(47(28-36)72-3)51(69)60-39-19-24-49(66)64(32-39)33-50(67)68/h11,13-14,17-19,22-24,26-29,31-32,34,40,59,71H,4-10,12,15-16,20-21,25,30,33H2,1-3H3,(H,60,69)(H,62,70)(H,67,68). The molecule has 7 rings (SSSR count). The summed E-state index contributed by atoms with van der Waals surface area (Å²) >= 11 is 0. The number of aryl methyl sites for hydroxylation is 1. The van der Waals surface area contributed by atoms with Crippen molar-refractivity contribution in [2.75, 3.05) is 30.8 Å². The van der Waals surface area contributed by atoms with Gasteiger partial charge in [0.25, 0.3) is 17.4 Å². The molecular weight excluding hydrogens is 935 g/mol. The van der Waals surface area contributed by atoms with Gasteiger partial charge in [0.15, 0.2) is 0 Å². The van der Waals surface area contributed by atoms with Crippen LogP contribution in [0, 0.1) is 11.7 Å². The highest BCUT2D eigenvalue weighted by atomic mass is 19.4. The lowest BCUT2D eigenvalue weighted by molar-refractivity contribution is -0.141. The molecule has 0 spiro atoms. The van der Waals surface area contributed by atoms with Crippen LogP contribution >= 0.6 is 0 Å². The third kappa shape index (κ3) is 13.9. The molecule has 6 aromatic rings. The van der Waals surface area contributed by atoms with E-state index in [0.29, 0.717) is 34.7 Å². The van der Waals surface area contributed by atoms with Gasteiger partial charge in [-0.25, -0.2) is 9.37 Å². The summed E-state index contributed by atoms with van der Waals surface area (Å²) in [7, 11) is 1.44. The molecule has 0 saturated heterocycles. The number of carboxylic acids is 1. The van der Waals surface area contributed by atoms with E-state index in [1.54, 1.807) is 50.2 Å². The van der Waals surface area contributed by atoms with Gasteiger partial charge in [0, 0.05) is 35.1 Å². The third-order valence-electron chi connectivity index (χ3n) is 13.1. The molecule has 3 aromatic carbocycles. The fourth-order valence-electron chi connectivity index (χ4n) is 9.24. The molecule has 2 amide bonds. The number of hydrogen-bond donors (Lipinski definition) is 5. The molecule has 18 heteroatoms. The Morgan fingerprint density at radius 1 is 0.819 bits per heavy atom. The Kier molecular flexibility index (Phi) is 17.3. The van der Waals surface area contributed by atoms with Crippen molar-refractivity contribution in [3.05, 3.63) is 136 Å². The molecule has 1 saturated carbocycles. The van der Waals surface area contributed by atoms with Crippen LogP contribution < -0.4 is 26.2 Å². The number of ether oxygens (including phenoxy) is 1. The summed E-state index contributed by atoms with van der Waals surface area (Å²) in [5.41, 5.74) is 0.470. The molecule has 5 N–H and O–H groups in total. The second-order valence-corrected chi connectivity index (χ2v) is 19.0. The number of nitrogens with zero attached hydrogens (tertiary/aromatic N) is 4. The van der Waals surface area contributed by atoms with E-state index in [1.165, 1.54) is 37.6 Å². The maximum absolute atomic E-state index is 14.9. The predicted octanol–water partition coefficient (Wildman–Crippen LogP) is 10.5. The van der Waals surface area contributed by atoms with Crippen LogP contribution in [0.3, 0.4) is 0 Å². The summed E-state index contributed by atoms with van der Waals surface area (Å²) in [6, 6.07) is 19.4. The minimum absolute atomic E-state index is 0.191. The lowest BCUT2D eigenvalue weighted by Crippen LogP contribution is -2.28. The highest BCUT2D eigenvalue weighted by molar-refractivity contribution is 6.06. The molecular formula is C54H61F4N7O7. The molecule has 0 atom stereocenters. The Labute approximate surface area is 414 Å². The number of pyridine rings is 2. The zero-order valence-corrected chi connectivity index (χ0v) is 40.7. The molecule has 1 aliphatic rings. The monoisotopic (exact) mass is 995 g/mol. The maximum Gasteiger partial charge on any atom is 0.433 e. The highest BCUT2D eigenvalue weighted by Gasteiger charge is 2.33. The molecule has 0 bridgehead atoms. The highest BCUT2D eigenvalue weighted by Crippen LogP contribution is 2.36. The van der Waals surface area contributed by atoms with Crippen molar-refractivity contribution in [2.24, 2.45) is 5.92 Å². The molecule has 1 aliphatic carbocycles. The van der Waals surface area contributed by atoms with Gasteiger partial charge in [-0.2, -0.15) is 18.3 Å². The number of amides is 2. The number of hydrogen-bond acceptors (Lipinski definition) is 9. The number of methoxy groups -OCH3 is 1. The lowest BCUT2D eigenvalue weighted by Gasteiger charge is -2.28. The predicted molar refractivity (Wildman–Crippen MR) is 267 cm³/mol. The number of nitrogens with one attached hydrogen (secondary N) is 3. The summed E-state index contributed by atoms with van der Waals surface area (Å²) < 4.78 is 63.2. The number of aliphatic hydroxyl groups is 1. The Balaban J connectivity index is 0.789. The fourth-order valence-corrected chi connectivity index (χ4v) is 9.24. The molecule has 3 heterocycles. The molecule has 14 nitrogen and oxygen atoms in total. The van der Waals surface area contributed by atoms with E-state index in [9.17, 15) is 41.8 Å². The van der Waals surface area contributed by atoms with Gasteiger partial charge in [0.05, 0.1) is 35.5 Å². The van der Waals surface area contributed by atoms with Gasteiger partial charge in [-0.3, -0.25) is 23.9 Å². The Hall–Kier alpha value is -6.92. The molecule has 3 aromatic heterocycles. The summed E-state index contributed by atoms with van der Waals surface area (Å²) in [6.45, 7) is 4.51. The van der Waals surface area contributed by atoms with Crippen molar-refractivity contribution in [3.63, 3.8) is 0 Å². The summed E-state index contributed by atoms with van der Waals surface area (Å²) in [4.78, 5) is 52.8. The van der Waals surface area contributed by atoms with E-state index in [1.807, 2.05) is 16.9 Å². The number of rotatable bonds is 22. The van der Waals surface area contributed by atoms with Crippen molar-refractivity contribution >= 4 is 40.1 Å². The second-order valence-electron chi connectivity index (χ2n) is 19.0. The van der Waals surface area contributed by atoms with E-state index in [0.717, 1.165) is 117 Å². The molecule has 0 radical (unpaired) electrons. The Morgan fingerprint density at radius 3 is 2.24 bits per heavy atom. The maximum atomic E-state index is 14.9. The van der Waals surface area contributed by atoms with Crippen molar-refractivity contribution in [3.8, 4) is 16.9 Å². The largest absolute Gasteiger partial charge is 0.496 e. The third-order valence-corrected chi connectivity index (χ3v) is 13.1. The van der Waals surface area contributed by atoms with Gasteiger partial charge in [0.1, 0.15) is 29.5 Å². The first-order chi connectivity index (χ1) is 34.4.